The Morgan fingerprint density at radius 3 is 1.72 bits per heavy atom. The Balaban J connectivity index is 1.63. The first-order chi connectivity index (χ1) is 15.4. The summed E-state index contributed by atoms with van der Waals surface area (Å²) in [6.45, 7) is 9.89. The number of esters is 1. The van der Waals surface area contributed by atoms with Gasteiger partial charge in [-0.05, 0) is 42.8 Å². The van der Waals surface area contributed by atoms with E-state index in [9.17, 15) is 4.79 Å². The van der Waals surface area contributed by atoms with Crippen LogP contribution in [0, 0.1) is 0 Å². The minimum absolute atomic E-state index is 0.341. The van der Waals surface area contributed by atoms with E-state index in [1.807, 2.05) is 24.3 Å². The second kappa shape index (κ2) is 14.2. The van der Waals surface area contributed by atoms with Gasteiger partial charge < -0.3 is 9.47 Å². The first-order valence-corrected chi connectivity index (χ1v) is 16.0. The normalized spacial score (nSPS) is 11.4. The third-order valence-electron chi connectivity index (χ3n) is 5.79. The van der Waals surface area contributed by atoms with E-state index >= 15 is 0 Å². The summed E-state index contributed by atoms with van der Waals surface area (Å²) < 4.78 is 11.3. The zero-order chi connectivity index (χ0) is 23.2. The molecule has 3 nitrogen and oxygen atoms in total. The molecular formula is C28H42O3Si. The molecule has 0 heterocycles. The van der Waals surface area contributed by atoms with Crippen LogP contribution in [0.1, 0.15) is 81.5 Å². The van der Waals surface area contributed by atoms with Gasteiger partial charge in [0, 0.05) is 0 Å². The molecule has 0 spiro atoms. The molecule has 4 heteroatoms. The van der Waals surface area contributed by atoms with Gasteiger partial charge in [0.2, 0.25) is 0 Å². The van der Waals surface area contributed by atoms with Crippen LogP contribution in [0.15, 0.2) is 48.5 Å². The molecule has 0 saturated heterocycles. The largest absolute Gasteiger partial charge is 0.494 e. The Labute approximate surface area is 196 Å². The van der Waals surface area contributed by atoms with Gasteiger partial charge in [0.15, 0.2) is 0 Å². The highest BCUT2D eigenvalue weighted by atomic mass is 28.3. The molecule has 2 rings (SSSR count). The minimum Gasteiger partial charge on any atom is -0.494 e. The van der Waals surface area contributed by atoms with Gasteiger partial charge in [0.25, 0.3) is 0 Å². The molecule has 0 aliphatic rings. The summed E-state index contributed by atoms with van der Waals surface area (Å²) in [4.78, 5) is 12.4. The number of rotatable bonds is 15. The molecule has 0 saturated carbocycles. The highest BCUT2D eigenvalue weighted by Gasteiger charge is 2.16. The fraction of sp³-hybridized carbons (Fsp3) is 0.536. The topological polar surface area (TPSA) is 35.5 Å². The third-order valence-corrected chi connectivity index (χ3v) is 7.85. The van der Waals surface area contributed by atoms with Gasteiger partial charge >= 0.3 is 5.97 Å². The van der Waals surface area contributed by atoms with E-state index in [1.54, 1.807) is 12.1 Å². The summed E-state index contributed by atoms with van der Waals surface area (Å²) >= 11 is 0. The number of ether oxygens (including phenoxy) is 2. The second-order valence-electron chi connectivity index (χ2n) is 9.72. The molecule has 0 radical (unpaired) electrons. The van der Waals surface area contributed by atoms with E-state index in [4.69, 9.17) is 9.47 Å². The molecule has 2 aromatic rings. The predicted molar refractivity (Wildman–Crippen MR) is 138 cm³/mol. The van der Waals surface area contributed by atoms with Crippen molar-refractivity contribution in [3.05, 3.63) is 54.1 Å². The maximum absolute atomic E-state index is 12.4. The summed E-state index contributed by atoms with van der Waals surface area (Å²) in [6.07, 6.45) is 13.2. The monoisotopic (exact) mass is 454 g/mol. The van der Waals surface area contributed by atoms with Crippen molar-refractivity contribution >= 4 is 19.2 Å². The molecular weight excluding hydrogens is 412 g/mol. The molecule has 0 amide bonds. The molecule has 0 atom stereocenters. The molecule has 32 heavy (non-hydrogen) atoms. The number of hydrogen-bond donors (Lipinski definition) is 0. The average molecular weight is 455 g/mol. The fourth-order valence-corrected chi connectivity index (χ4v) is 4.82. The van der Waals surface area contributed by atoms with Gasteiger partial charge in [0.05, 0.1) is 20.2 Å². The number of carbonyl (C=O) groups excluding carboxylic acids is 1. The smallest absolute Gasteiger partial charge is 0.343 e. The average Bonchev–Trinajstić information content (AvgIpc) is 2.77. The number of benzene rings is 2. The summed E-state index contributed by atoms with van der Waals surface area (Å²) in [5.74, 6) is 1.04. The zero-order valence-corrected chi connectivity index (χ0v) is 21.6. The maximum atomic E-state index is 12.4. The van der Waals surface area contributed by atoms with Gasteiger partial charge in [-0.15, -0.1) is 0 Å². The van der Waals surface area contributed by atoms with Crippen LogP contribution < -0.4 is 14.7 Å². The van der Waals surface area contributed by atoms with E-state index in [0.717, 1.165) is 18.8 Å². The molecule has 0 N–H and O–H groups in total. The lowest BCUT2D eigenvalue weighted by Crippen LogP contribution is -2.37. The Bertz CT molecular complexity index is 776. The van der Waals surface area contributed by atoms with Gasteiger partial charge in [0.1, 0.15) is 11.5 Å². The van der Waals surface area contributed by atoms with Crippen molar-refractivity contribution in [2.24, 2.45) is 0 Å². The van der Waals surface area contributed by atoms with E-state index in [0.29, 0.717) is 11.3 Å². The van der Waals surface area contributed by atoms with Crippen LogP contribution in [0.2, 0.25) is 19.6 Å². The molecule has 176 valence electrons. The predicted octanol–water partition coefficient (Wildman–Crippen LogP) is 7.75. The Morgan fingerprint density at radius 2 is 1.19 bits per heavy atom. The van der Waals surface area contributed by atoms with Crippen LogP contribution in [0.25, 0.3) is 0 Å². The van der Waals surface area contributed by atoms with Crippen LogP contribution in [0.3, 0.4) is 0 Å². The molecule has 0 unspecified atom stereocenters. The van der Waals surface area contributed by atoms with E-state index < -0.39 is 8.07 Å². The summed E-state index contributed by atoms with van der Waals surface area (Å²) in [5, 5.41) is 1.35. The van der Waals surface area contributed by atoms with Gasteiger partial charge in [-0.1, -0.05) is 102 Å². The zero-order valence-electron chi connectivity index (χ0n) is 20.6. The van der Waals surface area contributed by atoms with E-state index in [-0.39, 0.29) is 5.97 Å². The molecule has 0 fully saturated rings. The first kappa shape index (κ1) is 26.2. The van der Waals surface area contributed by atoms with Crippen molar-refractivity contribution in [1.82, 2.24) is 0 Å². The Kier molecular flexibility index (Phi) is 11.6. The van der Waals surface area contributed by atoms with E-state index in [2.05, 4.69) is 38.7 Å². The maximum Gasteiger partial charge on any atom is 0.343 e. The fourth-order valence-electron chi connectivity index (χ4n) is 3.66. The van der Waals surface area contributed by atoms with Crippen molar-refractivity contribution in [1.29, 1.82) is 0 Å². The highest BCUT2D eigenvalue weighted by molar-refractivity contribution is 6.88. The minimum atomic E-state index is -1.35. The lowest BCUT2D eigenvalue weighted by Gasteiger charge is -2.16. The lowest BCUT2D eigenvalue weighted by atomic mass is 10.1. The number of hydrogen-bond acceptors (Lipinski definition) is 3. The molecule has 0 bridgehead atoms. The van der Waals surface area contributed by atoms with Crippen molar-refractivity contribution in [3.8, 4) is 11.5 Å². The van der Waals surface area contributed by atoms with E-state index in [1.165, 1.54) is 63.0 Å². The van der Waals surface area contributed by atoms with Crippen molar-refractivity contribution in [2.45, 2.75) is 90.8 Å². The van der Waals surface area contributed by atoms with Crippen molar-refractivity contribution < 1.29 is 14.3 Å². The summed E-state index contributed by atoms with van der Waals surface area (Å²) in [7, 11) is -1.35. The van der Waals surface area contributed by atoms with Gasteiger partial charge in [-0.3, -0.25) is 0 Å². The van der Waals surface area contributed by atoms with Gasteiger partial charge in [-0.25, -0.2) is 4.79 Å². The summed E-state index contributed by atoms with van der Waals surface area (Å²) in [5.41, 5.74) is 0.533. The molecule has 0 aromatic heterocycles. The number of carbonyl (C=O) groups is 1. The Morgan fingerprint density at radius 1 is 0.688 bits per heavy atom. The van der Waals surface area contributed by atoms with Crippen LogP contribution >= 0.6 is 0 Å². The van der Waals surface area contributed by atoms with Gasteiger partial charge in [-0.2, -0.15) is 0 Å². The lowest BCUT2D eigenvalue weighted by molar-refractivity contribution is 0.0734. The molecule has 0 aliphatic heterocycles. The first-order valence-electron chi connectivity index (χ1n) is 12.5. The van der Waals surface area contributed by atoms with Crippen LogP contribution in [-0.4, -0.2) is 20.7 Å². The Hall–Kier alpha value is -2.07. The molecule has 2 aromatic carbocycles. The quantitative estimate of drug-likeness (QED) is 0.119. The second-order valence-corrected chi connectivity index (χ2v) is 14.8. The van der Waals surface area contributed by atoms with Crippen molar-refractivity contribution in [2.75, 3.05) is 6.61 Å². The molecule has 0 aliphatic carbocycles. The number of unbranched alkanes of at least 4 members (excludes halogenated alkanes) is 9. The van der Waals surface area contributed by atoms with Crippen LogP contribution in [-0.2, 0) is 0 Å². The summed E-state index contributed by atoms with van der Waals surface area (Å²) in [6, 6.07) is 15.1. The third kappa shape index (κ3) is 10.0. The van der Waals surface area contributed by atoms with Crippen molar-refractivity contribution in [3.63, 3.8) is 0 Å². The van der Waals surface area contributed by atoms with Crippen LogP contribution in [0.5, 0.6) is 11.5 Å². The van der Waals surface area contributed by atoms with Crippen LogP contribution in [0.4, 0.5) is 0 Å². The standard InChI is InChI=1S/C28H42O3Si/c1-5-6-7-8-9-10-11-12-13-14-23-30-25-17-15-24(16-18-25)28(29)31-26-19-21-27(22-20-26)32(2,3)4/h15-22H,5-14,23H2,1-4H3. The highest BCUT2D eigenvalue weighted by Crippen LogP contribution is 2.17. The SMILES string of the molecule is CCCCCCCCCCCCOc1ccc(C(=O)Oc2ccc([Si](C)(C)C)cc2)cc1.